The third-order valence-electron chi connectivity index (χ3n) is 4.59. The van der Waals surface area contributed by atoms with Gasteiger partial charge in [0.15, 0.2) is 0 Å². The second kappa shape index (κ2) is 8.34. The number of carboxylic acid groups (broad SMARTS) is 1. The fraction of sp³-hybridized carbons (Fsp3) is 0.867. The maximum Gasteiger partial charge on any atom is 0.306 e. The SMILES string of the molecule is O=C(CN1CCCNCC1)NCC1CCCCC1C(=O)O. The van der Waals surface area contributed by atoms with Gasteiger partial charge in [0.1, 0.15) is 0 Å². The molecule has 2 rings (SSSR count). The van der Waals surface area contributed by atoms with E-state index in [9.17, 15) is 14.7 Å². The van der Waals surface area contributed by atoms with Crippen LogP contribution in [0.15, 0.2) is 0 Å². The third-order valence-corrected chi connectivity index (χ3v) is 4.59. The van der Waals surface area contributed by atoms with Crippen molar-refractivity contribution >= 4 is 11.9 Å². The van der Waals surface area contributed by atoms with Crippen molar-refractivity contribution in [2.24, 2.45) is 11.8 Å². The zero-order valence-corrected chi connectivity index (χ0v) is 12.6. The van der Waals surface area contributed by atoms with Gasteiger partial charge in [0, 0.05) is 19.6 Å². The Morgan fingerprint density at radius 3 is 2.76 bits per heavy atom. The summed E-state index contributed by atoms with van der Waals surface area (Å²) in [4.78, 5) is 25.4. The molecule has 21 heavy (non-hydrogen) atoms. The summed E-state index contributed by atoms with van der Waals surface area (Å²) in [5.74, 6) is -0.897. The summed E-state index contributed by atoms with van der Waals surface area (Å²) in [6.45, 7) is 4.71. The molecule has 3 N–H and O–H groups in total. The molecule has 0 bridgehead atoms. The van der Waals surface area contributed by atoms with E-state index in [1.807, 2.05) is 0 Å². The van der Waals surface area contributed by atoms with Crippen molar-refractivity contribution in [3.05, 3.63) is 0 Å². The minimum Gasteiger partial charge on any atom is -0.481 e. The summed E-state index contributed by atoms with van der Waals surface area (Å²) in [5, 5.41) is 15.5. The lowest BCUT2D eigenvalue weighted by atomic mass is 9.79. The van der Waals surface area contributed by atoms with Gasteiger partial charge in [-0.1, -0.05) is 12.8 Å². The van der Waals surface area contributed by atoms with Crippen LogP contribution < -0.4 is 10.6 Å². The molecule has 6 nitrogen and oxygen atoms in total. The number of nitrogens with one attached hydrogen (secondary N) is 2. The topological polar surface area (TPSA) is 81.7 Å². The molecule has 1 aliphatic heterocycles. The lowest BCUT2D eigenvalue weighted by Crippen LogP contribution is -2.42. The number of nitrogens with zero attached hydrogens (tertiary/aromatic N) is 1. The highest BCUT2D eigenvalue weighted by atomic mass is 16.4. The van der Waals surface area contributed by atoms with Gasteiger partial charge in [-0.15, -0.1) is 0 Å². The molecular weight excluding hydrogens is 270 g/mol. The average Bonchev–Trinajstić information content (AvgIpc) is 2.74. The lowest BCUT2D eigenvalue weighted by molar-refractivity contribution is -0.145. The van der Waals surface area contributed by atoms with Gasteiger partial charge >= 0.3 is 5.97 Å². The van der Waals surface area contributed by atoms with E-state index in [0.717, 1.165) is 58.3 Å². The summed E-state index contributed by atoms with van der Waals surface area (Å²) in [6, 6.07) is 0. The van der Waals surface area contributed by atoms with Crippen molar-refractivity contribution in [2.75, 3.05) is 39.3 Å². The van der Waals surface area contributed by atoms with E-state index in [1.54, 1.807) is 0 Å². The molecule has 0 aromatic heterocycles. The van der Waals surface area contributed by atoms with Crippen LogP contribution in [0.4, 0.5) is 0 Å². The number of amides is 1. The zero-order chi connectivity index (χ0) is 15.1. The molecule has 2 atom stereocenters. The van der Waals surface area contributed by atoms with E-state index in [0.29, 0.717) is 13.1 Å². The molecular formula is C15H27N3O3. The van der Waals surface area contributed by atoms with E-state index in [2.05, 4.69) is 15.5 Å². The fourth-order valence-corrected chi connectivity index (χ4v) is 3.34. The van der Waals surface area contributed by atoms with E-state index >= 15 is 0 Å². The fourth-order valence-electron chi connectivity index (χ4n) is 3.34. The zero-order valence-electron chi connectivity index (χ0n) is 12.6. The monoisotopic (exact) mass is 297 g/mol. The summed E-state index contributed by atoms with van der Waals surface area (Å²) < 4.78 is 0. The second-order valence-electron chi connectivity index (χ2n) is 6.17. The number of hydrogen-bond donors (Lipinski definition) is 3. The molecule has 0 aromatic carbocycles. The molecule has 1 saturated carbocycles. The Morgan fingerprint density at radius 2 is 1.95 bits per heavy atom. The highest BCUT2D eigenvalue weighted by molar-refractivity contribution is 5.78. The number of carbonyl (C=O) groups is 2. The largest absolute Gasteiger partial charge is 0.481 e. The van der Waals surface area contributed by atoms with Crippen LogP contribution in [-0.4, -0.2) is 61.2 Å². The first kappa shape index (κ1) is 16.2. The van der Waals surface area contributed by atoms with Crippen LogP contribution in [0.5, 0.6) is 0 Å². The second-order valence-corrected chi connectivity index (χ2v) is 6.17. The lowest BCUT2D eigenvalue weighted by Gasteiger charge is -2.29. The van der Waals surface area contributed by atoms with E-state index in [1.165, 1.54) is 0 Å². The molecule has 0 aromatic rings. The quantitative estimate of drug-likeness (QED) is 0.679. The normalized spacial score (nSPS) is 27.8. The van der Waals surface area contributed by atoms with Crippen LogP contribution in [0.25, 0.3) is 0 Å². The Balaban J connectivity index is 1.73. The summed E-state index contributed by atoms with van der Waals surface area (Å²) in [7, 11) is 0. The molecule has 2 aliphatic rings. The molecule has 1 aliphatic carbocycles. The number of carboxylic acids is 1. The van der Waals surface area contributed by atoms with Crippen LogP contribution in [0.2, 0.25) is 0 Å². The predicted octanol–water partition coefficient (Wildman–Crippen LogP) is 0.289. The van der Waals surface area contributed by atoms with E-state index in [-0.39, 0.29) is 17.7 Å². The molecule has 2 unspecified atom stereocenters. The summed E-state index contributed by atoms with van der Waals surface area (Å²) >= 11 is 0. The van der Waals surface area contributed by atoms with E-state index < -0.39 is 5.97 Å². The minimum absolute atomic E-state index is 0.0200. The molecule has 6 heteroatoms. The first-order valence-electron chi connectivity index (χ1n) is 8.09. The Bertz CT molecular complexity index is 354. The molecule has 1 amide bonds. The highest BCUT2D eigenvalue weighted by Gasteiger charge is 2.30. The first-order chi connectivity index (χ1) is 10.2. The summed E-state index contributed by atoms with van der Waals surface area (Å²) in [6.07, 6.45) is 4.78. The summed E-state index contributed by atoms with van der Waals surface area (Å²) in [5.41, 5.74) is 0. The minimum atomic E-state index is -0.715. The average molecular weight is 297 g/mol. The van der Waals surface area contributed by atoms with Crippen LogP contribution in [0.3, 0.4) is 0 Å². The maximum absolute atomic E-state index is 12.0. The van der Waals surface area contributed by atoms with Gasteiger partial charge in [0.2, 0.25) is 5.91 Å². The Kier molecular flexibility index (Phi) is 6.45. The highest BCUT2D eigenvalue weighted by Crippen LogP contribution is 2.29. The standard InChI is InChI=1S/C15H27N3O3/c19-14(11-18-8-3-6-16-7-9-18)17-10-12-4-1-2-5-13(12)15(20)21/h12-13,16H,1-11H2,(H,17,19)(H,20,21). The van der Waals surface area contributed by atoms with E-state index in [4.69, 9.17) is 0 Å². The molecule has 0 spiro atoms. The number of hydrogen-bond acceptors (Lipinski definition) is 4. The van der Waals surface area contributed by atoms with Crippen molar-refractivity contribution < 1.29 is 14.7 Å². The molecule has 120 valence electrons. The number of carbonyl (C=O) groups excluding carboxylic acids is 1. The first-order valence-corrected chi connectivity index (χ1v) is 8.09. The van der Waals surface area contributed by atoms with Gasteiger partial charge in [-0.25, -0.2) is 0 Å². The Morgan fingerprint density at radius 1 is 1.14 bits per heavy atom. The van der Waals surface area contributed by atoms with Crippen molar-refractivity contribution in [1.82, 2.24) is 15.5 Å². The molecule has 1 heterocycles. The molecule has 2 fully saturated rings. The van der Waals surface area contributed by atoms with Gasteiger partial charge in [0.05, 0.1) is 12.5 Å². The van der Waals surface area contributed by atoms with Crippen LogP contribution in [0, 0.1) is 11.8 Å². The van der Waals surface area contributed by atoms with Gasteiger partial charge in [-0.05, 0) is 38.3 Å². The Hall–Kier alpha value is -1.14. The number of rotatable bonds is 5. The Labute approximate surface area is 126 Å². The molecule has 1 saturated heterocycles. The number of aliphatic carboxylic acids is 1. The van der Waals surface area contributed by atoms with Gasteiger partial charge < -0.3 is 15.7 Å². The molecule has 0 radical (unpaired) electrons. The van der Waals surface area contributed by atoms with Gasteiger partial charge in [-0.3, -0.25) is 14.5 Å². The predicted molar refractivity (Wildman–Crippen MR) is 80.0 cm³/mol. The van der Waals surface area contributed by atoms with Crippen LogP contribution in [-0.2, 0) is 9.59 Å². The van der Waals surface area contributed by atoms with Gasteiger partial charge in [0.25, 0.3) is 0 Å². The van der Waals surface area contributed by atoms with Crippen LogP contribution >= 0.6 is 0 Å². The third kappa shape index (κ3) is 5.28. The van der Waals surface area contributed by atoms with Crippen molar-refractivity contribution in [1.29, 1.82) is 0 Å². The smallest absolute Gasteiger partial charge is 0.306 e. The maximum atomic E-state index is 12.0. The van der Waals surface area contributed by atoms with Crippen molar-refractivity contribution in [2.45, 2.75) is 32.1 Å². The van der Waals surface area contributed by atoms with Crippen molar-refractivity contribution in [3.63, 3.8) is 0 Å². The van der Waals surface area contributed by atoms with Gasteiger partial charge in [-0.2, -0.15) is 0 Å². The van der Waals surface area contributed by atoms with Crippen LogP contribution in [0.1, 0.15) is 32.1 Å². The van der Waals surface area contributed by atoms with Crippen molar-refractivity contribution in [3.8, 4) is 0 Å².